The molecule has 3 aliphatic rings. The van der Waals surface area contributed by atoms with Crippen molar-refractivity contribution in [1.82, 2.24) is 0 Å². The minimum absolute atomic E-state index is 0. The molecule has 0 aliphatic heterocycles. The molecule has 3 rings (SSSR count). The Kier molecular flexibility index (Phi) is 4.62. The van der Waals surface area contributed by atoms with Gasteiger partial charge in [-0.2, -0.15) is 0 Å². The van der Waals surface area contributed by atoms with Gasteiger partial charge in [-0.3, -0.25) is 4.79 Å². The van der Waals surface area contributed by atoms with Gasteiger partial charge in [0.2, 0.25) is 0 Å². The van der Waals surface area contributed by atoms with Crippen molar-refractivity contribution < 1.29 is 20.5 Å². The molecule has 4 heteroatoms. The SMILES string of the molecule is C=C[C@@]1(C)CC[C@]2(C)C(=O)[C@@]3(CC[C@H]2C1)[C@H](O)C[C@@H](O)C3(C)C.O. The first-order chi connectivity index (χ1) is 10.5. The number of aliphatic hydroxyl groups is 2. The van der Waals surface area contributed by atoms with Gasteiger partial charge < -0.3 is 15.7 Å². The number of Topliss-reactive ketones (excluding diaryl/α,β-unsaturated/α-hetero) is 1. The Bertz CT molecular complexity index is 542. The average molecular weight is 338 g/mol. The van der Waals surface area contributed by atoms with Gasteiger partial charge in [-0.05, 0) is 43.4 Å². The molecule has 4 N–H and O–H groups in total. The molecule has 0 radical (unpaired) electrons. The van der Waals surface area contributed by atoms with Gasteiger partial charge in [0.25, 0.3) is 0 Å². The smallest absolute Gasteiger partial charge is 0.148 e. The van der Waals surface area contributed by atoms with Crippen molar-refractivity contribution in [3.05, 3.63) is 12.7 Å². The van der Waals surface area contributed by atoms with Crippen molar-refractivity contribution in [1.29, 1.82) is 0 Å². The average Bonchev–Trinajstić information content (AvgIpc) is 2.66. The third kappa shape index (κ3) is 2.19. The van der Waals surface area contributed by atoms with E-state index in [4.69, 9.17) is 0 Å². The fraction of sp³-hybridized carbons (Fsp3) is 0.850. The lowest BCUT2D eigenvalue weighted by Gasteiger charge is -2.58. The zero-order valence-electron chi connectivity index (χ0n) is 15.6. The van der Waals surface area contributed by atoms with Crippen LogP contribution in [0.5, 0.6) is 0 Å². The highest BCUT2D eigenvalue weighted by molar-refractivity contribution is 5.93. The monoisotopic (exact) mass is 338 g/mol. The molecule has 1 spiro atoms. The third-order valence-electron chi connectivity index (χ3n) is 8.13. The van der Waals surface area contributed by atoms with Crippen molar-refractivity contribution in [2.75, 3.05) is 0 Å². The van der Waals surface area contributed by atoms with Crippen LogP contribution in [-0.2, 0) is 4.79 Å². The Hall–Kier alpha value is -0.710. The minimum atomic E-state index is -0.778. The van der Waals surface area contributed by atoms with E-state index in [1.54, 1.807) is 0 Å². The number of carbonyl (C=O) groups is 1. The van der Waals surface area contributed by atoms with E-state index >= 15 is 0 Å². The quantitative estimate of drug-likeness (QED) is 0.720. The van der Waals surface area contributed by atoms with Crippen molar-refractivity contribution in [3.8, 4) is 0 Å². The fourth-order valence-corrected chi connectivity index (χ4v) is 5.94. The van der Waals surface area contributed by atoms with Crippen molar-refractivity contribution >= 4 is 5.78 Å². The van der Waals surface area contributed by atoms with Crippen LogP contribution in [0.25, 0.3) is 0 Å². The molecular weight excluding hydrogens is 304 g/mol. The standard InChI is InChI=1S/C20H32O3.H2O/c1-6-18(4)9-10-19(5)13(12-18)7-8-20(16(19)23)15(22)11-14(21)17(20,2)3;/h6,13-15,21-22H,1,7-12H2,2-5H3;1H2/t13-,14+,15+,18-,19-,20+;/m0./s1. The summed E-state index contributed by atoms with van der Waals surface area (Å²) in [5, 5.41) is 21.2. The van der Waals surface area contributed by atoms with Gasteiger partial charge in [-0.15, -0.1) is 6.58 Å². The first kappa shape index (κ1) is 19.6. The van der Waals surface area contributed by atoms with Crippen molar-refractivity contribution in [2.45, 2.75) is 78.4 Å². The van der Waals surface area contributed by atoms with E-state index in [1.165, 1.54) is 0 Å². The van der Waals surface area contributed by atoms with Crippen LogP contribution in [0.2, 0.25) is 0 Å². The molecule has 3 saturated carbocycles. The first-order valence-electron chi connectivity index (χ1n) is 9.08. The Morgan fingerprint density at radius 1 is 1.08 bits per heavy atom. The zero-order valence-corrected chi connectivity index (χ0v) is 15.6. The normalized spacial score (nSPS) is 50.2. The molecule has 0 unspecified atom stereocenters. The number of fused-ring (bicyclic) bond motifs is 1. The Balaban J connectivity index is 0.00000208. The fourth-order valence-electron chi connectivity index (χ4n) is 5.94. The number of carbonyl (C=O) groups excluding carboxylic acids is 1. The lowest BCUT2D eigenvalue weighted by Crippen LogP contribution is -2.61. The summed E-state index contributed by atoms with van der Waals surface area (Å²) in [6, 6.07) is 0. The van der Waals surface area contributed by atoms with Gasteiger partial charge in [-0.1, -0.05) is 33.8 Å². The van der Waals surface area contributed by atoms with Gasteiger partial charge in [0, 0.05) is 17.3 Å². The molecule has 0 aromatic heterocycles. The summed E-state index contributed by atoms with van der Waals surface area (Å²) in [6.07, 6.45) is 5.55. The van der Waals surface area contributed by atoms with Crippen LogP contribution in [-0.4, -0.2) is 33.7 Å². The van der Waals surface area contributed by atoms with Gasteiger partial charge in [0.15, 0.2) is 0 Å². The summed E-state index contributed by atoms with van der Waals surface area (Å²) >= 11 is 0. The van der Waals surface area contributed by atoms with Crippen molar-refractivity contribution in [2.24, 2.45) is 27.6 Å². The number of rotatable bonds is 1. The molecule has 6 atom stereocenters. The molecule has 0 amide bonds. The number of hydrogen-bond acceptors (Lipinski definition) is 3. The van der Waals surface area contributed by atoms with Crippen LogP contribution in [0.1, 0.15) is 66.2 Å². The molecule has 24 heavy (non-hydrogen) atoms. The van der Waals surface area contributed by atoms with E-state index in [0.29, 0.717) is 18.8 Å². The largest absolute Gasteiger partial charge is 0.412 e. The van der Waals surface area contributed by atoms with Gasteiger partial charge in [0.1, 0.15) is 5.78 Å². The Morgan fingerprint density at radius 3 is 2.21 bits per heavy atom. The number of ketones is 1. The first-order valence-corrected chi connectivity index (χ1v) is 9.08. The lowest BCUT2D eigenvalue weighted by molar-refractivity contribution is -0.172. The number of allylic oxidation sites excluding steroid dienone is 1. The topological polar surface area (TPSA) is 89.0 Å². The highest BCUT2D eigenvalue weighted by Crippen LogP contribution is 2.66. The van der Waals surface area contributed by atoms with E-state index in [1.807, 2.05) is 13.8 Å². The molecule has 0 aromatic carbocycles. The molecule has 138 valence electrons. The number of hydrogen-bond donors (Lipinski definition) is 2. The highest BCUT2D eigenvalue weighted by Gasteiger charge is 2.69. The molecule has 3 aliphatic carbocycles. The molecule has 0 bridgehead atoms. The molecule has 3 fully saturated rings. The Morgan fingerprint density at radius 2 is 1.71 bits per heavy atom. The van der Waals surface area contributed by atoms with Crippen LogP contribution in [0, 0.1) is 27.6 Å². The van der Waals surface area contributed by atoms with E-state index in [-0.39, 0.29) is 22.1 Å². The van der Waals surface area contributed by atoms with Gasteiger partial charge in [0.05, 0.1) is 17.6 Å². The summed E-state index contributed by atoms with van der Waals surface area (Å²) in [5.41, 5.74) is -1.59. The Labute approximate surface area is 145 Å². The van der Waals surface area contributed by atoms with Crippen LogP contribution in [0.4, 0.5) is 0 Å². The van der Waals surface area contributed by atoms with E-state index in [2.05, 4.69) is 26.5 Å². The molecule has 4 nitrogen and oxygen atoms in total. The predicted molar refractivity (Wildman–Crippen MR) is 94.5 cm³/mol. The lowest BCUT2D eigenvalue weighted by atomic mass is 9.45. The van der Waals surface area contributed by atoms with Crippen LogP contribution < -0.4 is 0 Å². The second-order valence-electron chi connectivity index (χ2n) is 9.50. The maximum atomic E-state index is 13.7. The van der Waals surface area contributed by atoms with Crippen LogP contribution in [0.15, 0.2) is 12.7 Å². The zero-order chi connectivity index (χ0) is 17.3. The second kappa shape index (κ2) is 5.65. The summed E-state index contributed by atoms with van der Waals surface area (Å²) in [7, 11) is 0. The maximum absolute atomic E-state index is 13.7. The predicted octanol–water partition coefficient (Wildman–Crippen LogP) is 2.66. The molecule has 0 heterocycles. The maximum Gasteiger partial charge on any atom is 0.148 e. The van der Waals surface area contributed by atoms with Gasteiger partial charge in [-0.25, -0.2) is 0 Å². The van der Waals surface area contributed by atoms with E-state index in [0.717, 1.165) is 25.7 Å². The van der Waals surface area contributed by atoms with Crippen molar-refractivity contribution in [3.63, 3.8) is 0 Å². The van der Waals surface area contributed by atoms with Crippen LogP contribution >= 0.6 is 0 Å². The minimum Gasteiger partial charge on any atom is -0.412 e. The summed E-state index contributed by atoms with van der Waals surface area (Å²) in [4.78, 5) is 13.7. The van der Waals surface area contributed by atoms with E-state index < -0.39 is 23.0 Å². The molecule has 0 saturated heterocycles. The third-order valence-corrected chi connectivity index (χ3v) is 8.13. The molecule has 0 aromatic rings. The summed E-state index contributed by atoms with van der Waals surface area (Å²) in [6.45, 7) is 12.3. The second-order valence-corrected chi connectivity index (χ2v) is 9.50. The molecular formula is C20H34O4. The van der Waals surface area contributed by atoms with Gasteiger partial charge >= 0.3 is 0 Å². The summed E-state index contributed by atoms with van der Waals surface area (Å²) in [5.74, 6) is 0.569. The number of aliphatic hydroxyl groups excluding tert-OH is 2. The van der Waals surface area contributed by atoms with Crippen LogP contribution in [0.3, 0.4) is 0 Å². The van der Waals surface area contributed by atoms with E-state index in [9.17, 15) is 15.0 Å². The summed E-state index contributed by atoms with van der Waals surface area (Å²) < 4.78 is 0. The highest BCUT2D eigenvalue weighted by atomic mass is 16.3.